The molecular weight excluding hydrogens is 280 g/mol. The number of rotatable bonds is 3. The minimum Gasteiger partial charge on any atom is -0.378 e. The summed E-state index contributed by atoms with van der Waals surface area (Å²) in [7, 11) is 4.03. The van der Waals surface area contributed by atoms with Gasteiger partial charge < -0.3 is 9.80 Å². The Morgan fingerprint density at radius 1 is 1.10 bits per heavy atom. The van der Waals surface area contributed by atoms with Gasteiger partial charge in [0.15, 0.2) is 0 Å². The lowest BCUT2D eigenvalue weighted by molar-refractivity contribution is 0.0762. The molecule has 0 saturated carbocycles. The number of thiol groups is 1. The van der Waals surface area contributed by atoms with Gasteiger partial charge in [0.1, 0.15) is 5.37 Å². The molecule has 1 atom stereocenters. The van der Waals surface area contributed by atoms with Gasteiger partial charge in [-0.3, -0.25) is 4.79 Å². The number of carbonyl (C=O) groups is 1. The van der Waals surface area contributed by atoms with E-state index >= 15 is 0 Å². The van der Waals surface area contributed by atoms with Crippen molar-refractivity contribution in [3.63, 3.8) is 0 Å². The van der Waals surface area contributed by atoms with E-state index in [1.165, 1.54) is 0 Å². The monoisotopic (exact) mass is 298 g/mol. The Bertz CT molecular complexity index is 667. The van der Waals surface area contributed by atoms with Gasteiger partial charge in [-0.1, -0.05) is 30.3 Å². The molecule has 0 fully saturated rings. The van der Waals surface area contributed by atoms with Crippen molar-refractivity contribution in [2.45, 2.75) is 11.9 Å². The highest BCUT2D eigenvalue weighted by molar-refractivity contribution is 7.80. The first kappa shape index (κ1) is 14.0. The molecule has 0 bridgehead atoms. The molecule has 1 amide bonds. The van der Waals surface area contributed by atoms with E-state index in [9.17, 15) is 4.79 Å². The topological polar surface area (TPSA) is 23.6 Å². The lowest BCUT2D eigenvalue weighted by Crippen LogP contribution is -2.25. The van der Waals surface area contributed by atoms with Gasteiger partial charge in [0.2, 0.25) is 0 Å². The molecule has 21 heavy (non-hydrogen) atoms. The van der Waals surface area contributed by atoms with Crippen LogP contribution in [-0.4, -0.2) is 24.9 Å². The Hall–Kier alpha value is -1.94. The summed E-state index contributed by atoms with van der Waals surface area (Å²) in [6.07, 6.45) is 0. The van der Waals surface area contributed by atoms with Gasteiger partial charge >= 0.3 is 0 Å². The molecule has 0 aromatic heterocycles. The summed E-state index contributed by atoms with van der Waals surface area (Å²) in [5, 5.41) is -0.165. The van der Waals surface area contributed by atoms with Gasteiger partial charge in [-0.25, -0.2) is 0 Å². The Kier molecular flexibility index (Phi) is 3.64. The smallest absolute Gasteiger partial charge is 0.255 e. The SMILES string of the molecule is CN(C)c1ccc(CN2C(=O)c3ccccc3C2S)cc1. The Morgan fingerprint density at radius 2 is 1.76 bits per heavy atom. The molecule has 1 unspecified atom stereocenters. The van der Waals surface area contributed by atoms with Crippen molar-refractivity contribution in [2.24, 2.45) is 0 Å². The van der Waals surface area contributed by atoms with Crippen LogP contribution in [0, 0.1) is 0 Å². The first-order valence-electron chi connectivity index (χ1n) is 6.92. The van der Waals surface area contributed by atoms with Gasteiger partial charge in [0, 0.05) is 31.9 Å². The van der Waals surface area contributed by atoms with E-state index in [0.29, 0.717) is 6.54 Å². The van der Waals surface area contributed by atoms with E-state index in [1.807, 2.05) is 38.4 Å². The number of anilines is 1. The number of benzene rings is 2. The zero-order chi connectivity index (χ0) is 15.0. The fraction of sp³-hybridized carbons (Fsp3) is 0.235. The summed E-state index contributed by atoms with van der Waals surface area (Å²) >= 11 is 4.61. The molecule has 3 nitrogen and oxygen atoms in total. The van der Waals surface area contributed by atoms with Crippen LogP contribution < -0.4 is 4.90 Å². The van der Waals surface area contributed by atoms with E-state index < -0.39 is 0 Å². The normalized spacial score (nSPS) is 17.0. The Labute approximate surface area is 130 Å². The quantitative estimate of drug-likeness (QED) is 0.879. The molecule has 2 aromatic carbocycles. The third-order valence-electron chi connectivity index (χ3n) is 3.83. The van der Waals surface area contributed by atoms with Gasteiger partial charge in [0.25, 0.3) is 5.91 Å². The van der Waals surface area contributed by atoms with Crippen molar-refractivity contribution in [2.75, 3.05) is 19.0 Å². The zero-order valence-electron chi connectivity index (χ0n) is 12.2. The van der Waals surface area contributed by atoms with Crippen LogP contribution in [0.1, 0.15) is 26.9 Å². The summed E-state index contributed by atoms with van der Waals surface area (Å²) in [5.74, 6) is 0.0577. The van der Waals surface area contributed by atoms with Crippen molar-refractivity contribution in [3.8, 4) is 0 Å². The minimum absolute atomic E-state index is 0.0577. The number of hydrogen-bond acceptors (Lipinski definition) is 3. The van der Waals surface area contributed by atoms with Crippen LogP contribution in [0.3, 0.4) is 0 Å². The predicted octanol–water partition coefficient (Wildman–Crippen LogP) is 3.34. The molecule has 0 spiro atoms. The van der Waals surface area contributed by atoms with Crippen LogP contribution in [0.25, 0.3) is 0 Å². The summed E-state index contributed by atoms with van der Waals surface area (Å²) in [6.45, 7) is 0.579. The summed E-state index contributed by atoms with van der Waals surface area (Å²) < 4.78 is 0. The third-order valence-corrected chi connectivity index (χ3v) is 4.39. The summed E-state index contributed by atoms with van der Waals surface area (Å²) in [6, 6.07) is 15.9. The minimum atomic E-state index is -0.165. The molecule has 1 heterocycles. The van der Waals surface area contributed by atoms with Crippen LogP contribution in [-0.2, 0) is 6.54 Å². The number of fused-ring (bicyclic) bond motifs is 1. The van der Waals surface area contributed by atoms with E-state index in [0.717, 1.165) is 22.4 Å². The lowest BCUT2D eigenvalue weighted by Gasteiger charge is -2.22. The predicted molar refractivity (Wildman–Crippen MR) is 88.8 cm³/mol. The fourth-order valence-electron chi connectivity index (χ4n) is 2.61. The van der Waals surface area contributed by atoms with Crippen LogP contribution in [0.2, 0.25) is 0 Å². The van der Waals surface area contributed by atoms with E-state index in [-0.39, 0.29) is 11.3 Å². The van der Waals surface area contributed by atoms with Crippen molar-refractivity contribution in [1.29, 1.82) is 0 Å². The van der Waals surface area contributed by atoms with E-state index in [4.69, 9.17) is 0 Å². The molecule has 0 aliphatic carbocycles. The second-order valence-corrected chi connectivity index (χ2v) is 5.94. The molecule has 108 valence electrons. The molecule has 0 saturated heterocycles. The summed E-state index contributed by atoms with van der Waals surface area (Å²) in [5.41, 5.74) is 4.02. The second-order valence-electron chi connectivity index (χ2n) is 5.45. The third kappa shape index (κ3) is 2.51. The van der Waals surface area contributed by atoms with E-state index in [2.05, 4.69) is 41.8 Å². The van der Waals surface area contributed by atoms with Crippen LogP contribution >= 0.6 is 12.6 Å². The van der Waals surface area contributed by atoms with Crippen molar-refractivity contribution < 1.29 is 4.79 Å². The Morgan fingerprint density at radius 3 is 2.38 bits per heavy atom. The summed E-state index contributed by atoms with van der Waals surface area (Å²) in [4.78, 5) is 16.3. The number of hydrogen-bond donors (Lipinski definition) is 1. The van der Waals surface area contributed by atoms with Gasteiger partial charge in [-0.05, 0) is 29.3 Å². The van der Waals surface area contributed by atoms with Crippen molar-refractivity contribution >= 4 is 24.2 Å². The molecule has 1 aliphatic rings. The fourth-order valence-corrected chi connectivity index (χ4v) is 3.02. The van der Waals surface area contributed by atoms with Crippen molar-refractivity contribution in [1.82, 2.24) is 4.90 Å². The molecule has 3 rings (SSSR count). The van der Waals surface area contributed by atoms with Gasteiger partial charge in [-0.2, -0.15) is 0 Å². The zero-order valence-corrected chi connectivity index (χ0v) is 13.0. The number of amides is 1. The standard InChI is InChI=1S/C17H18N2OS/c1-18(2)13-9-7-12(8-10-13)11-19-16(20)14-5-3-4-6-15(14)17(19)21/h3-10,17,21H,11H2,1-2H3. The van der Waals surface area contributed by atoms with E-state index in [1.54, 1.807) is 4.90 Å². The second kappa shape index (κ2) is 5.45. The highest BCUT2D eigenvalue weighted by Gasteiger charge is 2.33. The van der Waals surface area contributed by atoms with Crippen LogP contribution in [0.5, 0.6) is 0 Å². The highest BCUT2D eigenvalue weighted by atomic mass is 32.1. The average molecular weight is 298 g/mol. The highest BCUT2D eigenvalue weighted by Crippen LogP contribution is 2.37. The molecule has 4 heteroatoms. The van der Waals surface area contributed by atoms with Crippen molar-refractivity contribution in [3.05, 3.63) is 65.2 Å². The Balaban J connectivity index is 1.82. The average Bonchev–Trinajstić information content (AvgIpc) is 2.73. The first-order chi connectivity index (χ1) is 10.1. The van der Waals surface area contributed by atoms with Gasteiger partial charge in [0.05, 0.1) is 0 Å². The molecular formula is C17H18N2OS. The molecule has 0 N–H and O–H groups in total. The maximum absolute atomic E-state index is 12.5. The number of carbonyl (C=O) groups excluding carboxylic acids is 1. The largest absolute Gasteiger partial charge is 0.378 e. The number of nitrogens with zero attached hydrogens (tertiary/aromatic N) is 2. The molecule has 2 aromatic rings. The lowest BCUT2D eigenvalue weighted by atomic mass is 10.1. The van der Waals surface area contributed by atoms with Gasteiger partial charge in [-0.15, -0.1) is 12.6 Å². The molecule has 0 radical (unpaired) electrons. The van der Waals surface area contributed by atoms with Crippen LogP contribution in [0.15, 0.2) is 48.5 Å². The molecule has 1 aliphatic heterocycles. The first-order valence-corrected chi connectivity index (χ1v) is 7.44. The van der Waals surface area contributed by atoms with Crippen LogP contribution in [0.4, 0.5) is 5.69 Å². The maximum Gasteiger partial charge on any atom is 0.255 e. The maximum atomic E-state index is 12.5.